The number of aromatic amines is 1. The number of carbonyl (C=O) groups is 1. The van der Waals surface area contributed by atoms with Gasteiger partial charge in [-0.1, -0.05) is 12.1 Å². The van der Waals surface area contributed by atoms with Gasteiger partial charge in [-0.25, -0.2) is 4.79 Å². The number of rotatable bonds is 3. The highest BCUT2D eigenvalue weighted by molar-refractivity contribution is 6.07. The molecule has 0 aliphatic carbocycles. The average molecular weight is 499 g/mol. The van der Waals surface area contributed by atoms with Crippen LogP contribution in [0.25, 0.3) is 10.9 Å². The van der Waals surface area contributed by atoms with E-state index in [9.17, 15) is 18.0 Å². The second-order valence-corrected chi connectivity index (χ2v) is 10.3. The third kappa shape index (κ3) is 3.77. The van der Waals surface area contributed by atoms with Gasteiger partial charge in [0.1, 0.15) is 12.4 Å². The van der Waals surface area contributed by atoms with Gasteiger partial charge in [0, 0.05) is 47.6 Å². The number of piperidine rings is 2. The Labute approximate surface area is 207 Å². The SMILES string of the molecule is Cc1[nH]c2ccc3c(c2c1C(=O)OCc1ccc(C(F)(F)F)cc1)CC1CCCN2CCCCC12O3. The number of carbonyl (C=O) groups excluding carboxylic acids is 1. The van der Waals surface area contributed by atoms with E-state index in [-0.39, 0.29) is 12.3 Å². The first-order valence-corrected chi connectivity index (χ1v) is 12.7. The Morgan fingerprint density at radius 3 is 2.69 bits per heavy atom. The largest absolute Gasteiger partial charge is 0.472 e. The predicted molar refractivity (Wildman–Crippen MR) is 129 cm³/mol. The highest BCUT2D eigenvalue weighted by atomic mass is 19.4. The van der Waals surface area contributed by atoms with Crippen molar-refractivity contribution >= 4 is 16.9 Å². The van der Waals surface area contributed by atoms with Crippen molar-refractivity contribution in [3.05, 3.63) is 64.3 Å². The average Bonchev–Trinajstić information content (AvgIpc) is 3.21. The molecule has 36 heavy (non-hydrogen) atoms. The van der Waals surface area contributed by atoms with E-state index in [1.165, 1.54) is 18.6 Å². The summed E-state index contributed by atoms with van der Waals surface area (Å²) in [5.41, 5.74) is 2.62. The third-order valence-electron chi connectivity index (χ3n) is 8.18. The molecule has 3 aliphatic rings. The van der Waals surface area contributed by atoms with Crippen molar-refractivity contribution in [3.8, 4) is 5.75 Å². The van der Waals surface area contributed by atoms with E-state index in [4.69, 9.17) is 9.47 Å². The standard InChI is InChI=1S/C28H29F3N2O3/c1-17-24(26(34)35-16-18-6-8-19(9-7-18)28(29,30)31)25-21-15-20-5-4-14-33-13-3-2-12-27(20,33)36-23(21)11-10-22(25)32-17/h6-11,20,32H,2-5,12-16H2,1H3. The van der Waals surface area contributed by atoms with Gasteiger partial charge in [0.15, 0.2) is 5.72 Å². The molecule has 1 spiro atoms. The van der Waals surface area contributed by atoms with Crippen LogP contribution >= 0.6 is 0 Å². The Morgan fingerprint density at radius 1 is 1.14 bits per heavy atom. The van der Waals surface area contributed by atoms with E-state index in [1.807, 2.05) is 19.1 Å². The molecule has 2 saturated heterocycles. The molecule has 0 bridgehead atoms. The smallest absolute Gasteiger partial charge is 0.416 e. The van der Waals surface area contributed by atoms with Crippen molar-refractivity contribution in [2.45, 2.75) is 64.0 Å². The molecule has 3 aliphatic heterocycles. The van der Waals surface area contributed by atoms with Crippen molar-refractivity contribution in [1.29, 1.82) is 0 Å². The summed E-state index contributed by atoms with van der Waals surface area (Å²) in [5.74, 6) is 0.717. The fourth-order valence-corrected chi connectivity index (χ4v) is 6.48. The van der Waals surface area contributed by atoms with E-state index >= 15 is 0 Å². The first-order chi connectivity index (χ1) is 17.3. The number of hydrogen-bond donors (Lipinski definition) is 1. The van der Waals surface area contributed by atoms with Gasteiger partial charge in [-0.3, -0.25) is 4.90 Å². The van der Waals surface area contributed by atoms with Crippen LogP contribution in [0.2, 0.25) is 0 Å². The number of aryl methyl sites for hydroxylation is 1. The molecule has 8 heteroatoms. The maximum atomic E-state index is 13.3. The number of nitrogens with one attached hydrogen (secondary N) is 1. The maximum absolute atomic E-state index is 13.3. The van der Waals surface area contributed by atoms with Gasteiger partial charge in [-0.15, -0.1) is 0 Å². The monoisotopic (exact) mass is 498 g/mol. The van der Waals surface area contributed by atoms with Gasteiger partial charge in [0.2, 0.25) is 0 Å². The van der Waals surface area contributed by atoms with E-state index in [1.54, 1.807) is 0 Å². The van der Waals surface area contributed by atoms with Gasteiger partial charge in [0.05, 0.1) is 11.1 Å². The molecule has 0 amide bonds. The van der Waals surface area contributed by atoms with Crippen molar-refractivity contribution in [2.75, 3.05) is 13.1 Å². The summed E-state index contributed by atoms with van der Waals surface area (Å²) in [7, 11) is 0. The number of halogens is 3. The Balaban J connectivity index is 1.30. The first-order valence-electron chi connectivity index (χ1n) is 12.7. The zero-order valence-electron chi connectivity index (χ0n) is 20.2. The molecule has 3 aromatic rings. The second-order valence-electron chi connectivity index (χ2n) is 10.3. The van der Waals surface area contributed by atoms with Gasteiger partial charge >= 0.3 is 12.1 Å². The molecular weight excluding hydrogens is 469 g/mol. The zero-order valence-corrected chi connectivity index (χ0v) is 20.2. The number of hydrogen-bond acceptors (Lipinski definition) is 4. The predicted octanol–water partition coefficient (Wildman–Crippen LogP) is 6.38. The molecule has 0 saturated carbocycles. The van der Waals surface area contributed by atoms with Gasteiger partial charge in [0.25, 0.3) is 0 Å². The second kappa shape index (κ2) is 8.54. The first kappa shape index (κ1) is 23.4. The molecule has 0 radical (unpaired) electrons. The minimum Gasteiger partial charge on any atom is -0.472 e. The number of alkyl halides is 3. The lowest BCUT2D eigenvalue weighted by Crippen LogP contribution is -2.64. The fraction of sp³-hybridized carbons (Fsp3) is 0.464. The van der Waals surface area contributed by atoms with Crippen LogP contribution in [-0.4, -0.2) is 34.7 Å². The molecule has 190 valence electrons. The summed E-state index contributed by atoms with van der Waals surface area (Å²) in [4.78, 5) is 19.1. The molecule has 1 aromatic heterocycles. The number of aromatic nitrogens is 1. The minimum absolute atomic E-state index is 0.102. The molecule has 5 nitrogen and oxygen atoms in total. The summed E-state index contributed by atoms with van der Waals surface area (Å²) >= 11 is 0. The lowest BCUT2D eigenvalue weighted by molar-refractivity contribution is -0.177. The quantitative estimate of drug-likeness (QED) is 0.426. The number of benzene rings is 2. The molecule has 1 N–H and O–H groups in total. The van der Waals surface area contributed by atoms with E-state index in [0.717, 1.165) is 79.5 Å². The summed E-state index contributed by atoms with van der Waals surface area (Å²) in [6.07, 6.45) is 2.09. The van der Waals surface area contributed by atoms with Crippen LogP contribution in [0.15, 0.2) is 36.4 Å². The van der Waals surface area contributed by atoms with Gasteiger partial charge < -0.3 is 14.5 Å². The Morgan fingerprint density at radius 2 is 1.92 bits per heavy atom. The van der Waals surface area contributed by atoms with Crippen LogP contribution in [0.5, 0.6) is 5.75 Å². The Bertz CT molecular complexity index is 1310. The lowest BCUT2D eigenvalue weighted by atomic mass is 9.74. The van der Waals surface area contributed by atoms with E-state index in [2.05, 4.69) is 9.88 Å². The maximum Gasteiger partial charge on any atom is 0.416 e. The van der Waals surface area contributed by atoms with Crippen LogP contribution < -0.4 is 4.74 Å². The molecular formula is C28H29F3N2O3. The van der Waals surface area contributed by atoms with Crippen LogP contribution in [0, 0.1) is 12.8 Å². The van der Waals surface area contributed by atoms with Crippen LogP contribution in [0.1, 0.15) is 64.8 Å². The van der Waals surface area contributed by atoms with E-state index < -0.39 is 17.7 Å². The van der Waals surface area contributed by atoms with Crippen molar-refractivity contribution < 1.29 is 27.4 Å². The molecule has 6 rings (SSSR count). The van der Waals surface area contributed by atoms with Gasteiger partial charge in [-0.05, 0) is 68.9 Å². The number of fused-ring (bicyclic) bond motifs is 3. The molecule has 2 aromatic carbocycles. The van der Waals surface area contributed by atoms with Crippen molar-refractivity contribution in [1.82, 2.24) is 9.88 Å². The molecule has 2 unspecified atom stereocenters. The number of H-pyrrole nitrogens is 1. The highest BCUT2D eigenvalue weighted by Crippen LogP contribution is 2.50. The Hall–Kier alpha value is -3.00. The Kier molecular flexibility index (Phi) is 5.55. The zero-order chi connectivity index (χ0) is 25.1. The number of ether oxygens (including phenoxy) is 2. The third-order valence-corrected chi connectivity index (χ3v) is 8.18. The molecule has 2 atom stereocenters. The van der Waals surface area contributed by atoms with Crippen molar-refractivity contribution in [2.24, 2.45) is 5.92 Å². The molecule has 2 fully saturated rings. The van der Waals surface area contributed by atoms with Crippen LogP contribution in [-0.2, 0) is 23.9 Å². The fourth-order valence-electron chi connectivity index (χ4n) is 6.48. The number of nitrogens with zero attached hydrogens (tertiary/aromatic N) is 1. The summed E-state index contributed by atoms with van der Waals surface area (Å²) in [5, 5.41) is 0.838. The van der Waals surface area contributed by atoms with Crippen LogP contribution in [0.3, 0.4) is 0 Å². The van der Waals surface area contributed by atoms with Crippen LogP contribution in [0.4, 0.5) is 13.2 Å². The topological polar surface area (TPSA) is 54.6 Å². The summed E-state index contributed by atoms with van der Waals surface area (Å²) in [6.45, 7) is 3.88. The van der Waals surface area contributed by atoms with Gasteiger partial charge in [-0.2, -0.15) is 13.2 Å². The molecule has 4 heterocycles. The van der Waals surface area contributed by atoms with E-state index in [0.29, 0.717) is 22.7 Å². The highest BCUT2D eigenvalue weighted by Gasteiger charge is 2.52. The lowest BCUT2D eigenvalue weighted by Gasteiger charge is -2.56. The summed E-state index contributed by atoms with van der Waals surface area (Å²) in [6, 6.07) is 8.65. The minimum atomic E-state index is -4.40. The summed E-state index contributed by atoms with van der Waals surface area (Å²) < 4.78 is 50.9. The number of esters is 1. The van der Waals surface area contributed by atoms with Crippen molar-refractivity contribution in [3.63, 3.8) is 0 Å². The normalized spacial score (nSPS) is 23.9.